The summed E-state index contributed by atoms with van der Waals surface area (Å²) in [6, 6.07) is 6.65. The van der Waals surface area contributed by atoms with Crippen molar-refractivity contribution < 1.29 is 9.47 Å². The van der Waals surface area contributed by atoms with Crippen LogP contribution < -0.4 is 10.1 Å². The lowest BCUT2D eigenvalue weighted by molar-refractivity contribution is 0.113. The topological polar surface area (TPSA) is 30.5 Å². The molecule has 2 rings (SSSR count). The van der Waals surface area contributed by atoms with Crippen LogP contribution in [0.5, 0.6) is 5.75 Å². The molecular weight excluding hydrogens is 294 g/mol. The van der Waals surface area contributed by atoms with Gasteiger partial charge in [-0.2, -0.15) is 0 Å². The summed E-state index contributed by atoms with van der Waals surface area (Å²) < 4.78 is 12.0. The Morgan fingerprint density at radius 1 is 1.50 bits per heavy atom. The van der Waals surface area contributed by atoms with Crippen LogP contribution in [0.15, 0.2) is 22.7 Å². The molecule has 1 aliphatic heterocycles. The van der Waals surface area contributed by atoms with Crippen molar-refractivity contribution in [3.8, 4) is 5.75 Å². The molecule has 1 heterocycles. The molecule has 0 aromatic heterocycles. The van der Waals surface area contributed by atoms with E-state index in [1.807, 2.05) is 12.1 Å². The maximum absolute atomic E-state index is 5.54. The maximum atomic E-state index is 5.54. The zero-order chi connectivity index (χ0) is 13.0. The number of hydrogen-bond donors (Lipinski definition) is 1. The Hall–Kier alpha value is -0.580. The van der Waals surface area contributed by atoms with Crippen LogP contribution in [-0.2, 0) is 11.2 Å². The van der Waals surface area contributed by atoms with E-state index in [9.17, 15) is 0 Å². The van der Waals surface area contributed by atoms with Crippen molar-refractivity contribution in [1.29, 1.82) is 0 Å². The van der Waals surface area contributed by atoms with Crippen molar-refractivity contribution >= 4 is 15.9 Å². The van der Waals surface area contributed by atoms with Gasteiger partial charge in [0.1, 0.15) is 5.75 Å². The van der Waals surface area contributed by atoms with Gasteiger partial charge < -0.3 is 14.8 Å². The summed E-state index contributed by atoms with van der Waals surface area (Å²) in [6.07, 6.45) is 2.40. The lowest BCUT2D eigenvalue weighted by Crippen LogP contribution is -2.35. The summed E-state index contributed by atoms with van der Waals surface area (Å²) >= 11 is 3.51. The van der Waals surface area contributed by atoms with Crippen LogP contribution >= 0.6 is 15.9 Å². The molecule has 1 aromatic carbocycles. The number of methoxy groups -OCH3 is 1. The summed E-state index contributed by atoms with van der Waals surface area (Å²) in [4.78, 5) is 0. The van der Waals surface area contributed by atoms with Gasteiger partial charge in [0.05, 0.1) is 17.7 Å². The predicted octanol–water partition coefficient (Wildman–Crippen LogP) is 2.77. The minimum absolute atomic E-state index is 0.328. The van der Waals surface area contributed by atoms with Crippen molar-refractivity contribution in [3.63, 3.8) is 0 Å². The molecule has 0 bridgehead atoms. The van der Waals surface area contributed by atoms with Gasteiger partial charge in [0.15, 0.2) is 0 Å². The first-order chi connectivity index (χ1) is 8.72. The number of nitrogens with one attached hydrogen (secondary N) is 1. The van der Waals surface area contributed by atoms with E-state index in [4.69, 9.17) is 9.47 Å². The molecule has 100 valence electrons. The molecule has 1 fully saturated rings. The Balaban J connectivity index is 1.88. The van der Waals surface area contributed by atoms with Crippen LogP contribution in [0.4, 0.5) is 0 Å². The van der Waals surface area contributed by atoms with E-state index in [1.165, 1.54) is 5.56 Å². The van der Waals surface area contributed by atoms with Crippen molar-refractivity contribution in [1.82, 2.24) is 5.32 Å². The standard InChI is InChI=1S/C14H20BrNO2/c1-10-13(7-9-18-10)16-8-6-11-4-3-5-12(15)14(11)17-2/h3-5,10,13,16H,6-9H2,1-2H3/t10-,13+/m1/s1. The smallest absolute Gasteiger partial charge is 0.136 e. The molecule has 4 heteroatoms. The molecule has 0 unspecified atom stereocenters. The van der Waals surface area contributed by atoms with Gasteiger partial charge in [0.2, 0.25) is 0 Å². The summed E-state index contributed by atoms with van der Waals surface area (Å²) in [5.41, 5.74) is 1.23. The highest BCUT2D eigenvalue weighted by molar-refractivity contribution is 9.10. The van der Waals surface area contributed by atoms with Gasteiger partial charge in [-0.1, -0.05) is 12.1 Å². The summed E-state index contributed by atoms with van der Waals surface area (Å²) in [6.45, 7) is 3.95. The van der Waals surface area contributed by atoms with Gasteiger partial charge in [0.25, 0.3) is 0 Å². The lowest BCUT2D eigenvalue weighted by Gasteiger charge is -2.16. The first-order valence-electron chi connectivity index (χ1n) is 6.38. The molecule has 1 aliphatic rings. The highest BCUT2D eigenvalue weighted by atomic mass is 79.9. The van der Waals surface area contributed by atoms with Gasteiger partial charge in [0, 0.05) is 12.6 Å². The molecule has 0 amide bonds. The van der Waals surface area contributed by atoms with Gasteiger partial charge in [-0.3, -0.25) is 0 Å². The number of hydrogen-bond acceptors (Lipinski definition) is 3. The van der Waals surface area contributed by atoms with E-state index < -0.39 is 0 Å². The van der Waals surface area contributed by atoms with E-state index in [0.29, 0.717) is 12.1 Å². The average Bonchev–Trinajstić information content (AvgIpc) is 2.75. The molecule has 0 spiro atoms. The van der Waals surface area contributed by atoms with E-state index in [2.05, 4.69) is 34.2 Å². The zero-order valence-electron chi connectivity index (χ0n) is 10.9. The number of rotatable bonds is 5. The Labute approximate surface area is 117 Å². The van der Waals surface area contributed by atoms with Crippen LogP contribution in [0.1, 0.15) is 18.9 Å². The van der Waals surface area contributed by atoms with Gasteiger partial charge in [-0.05, 0) is 53.9 Å². The monoisotopic (exact) mass is 313 g/mol. The first-order valence-corrected chi connectivity index (χ1v) is 7.18. The summed E-state index contributed by atoms with van der Waals surface area (Å²) in [7, 11) is 1.71. The van der Waals surface area contributed by atoms with Crippen LogP contribution in [0.25, 0.3) is 0 Å². The Bertz CT molecular complexity index is 397. The number of para-hydroxylation sites is 1. The third kappa shape index (κ3) is 3.25. The predicted molar refractivity (Wildman–Crippen MR) is 76.2 cm³/mol. The van der Waals surface area contributed by atoms with Gasteiger partial charge in [-0.25, -0.2) is 0 Å². The van der Waals surface area contributed by atoms with Crippen LogP contribution in [-0.4, -0.2) is 32.4 Å². The van der Waals surface area contributed by atoms with Crippen molar-refractivity contribution in [2.45, 2.75) is 31.9 Å². The van der Waals surface area contributed by atoms with E-state index in [0.717, 1.165) is 36.2 Å². The molecule has 3 nitrogen and oxygen atoms in total. The second kappa shape index (κ2) is 6.55. The molecule has 1 N–H and O–H groups in total. The van der Waals surface area contributed by atoms with E-state index >= 15 is 0 Å². The quantitative estimate of drug-likeness (QED) is 0.906. The number of benzene rings is 1. The third-order valence-electron chi connectivity index (χ3n) is 3.43. The molecule has 2 atom stereocenters. The van der Waals surface area contributed by atoms with Gasteiger partial charge in [-0.15, -0.1) is 0 Å². The van der Waals surface area contributed by atoms with Crippen molar-refractivity contribution in [2.75, 3.05) is 20.3 Å². The molecular formula is C14H20BrNO2. The molecule has 0 saturated carbocycles. The van der Waals surface area contributed by atoms with Crippen LogP contribution in [0, 0.1) is 0 Å². The van der Waals surface area contributed by atoms with Crippen molar-refractivity contribution in [3.05, 3.63) is 28.2 Å². The molecule has 0 aliphatic carbocycles. The van der Waals surface area contributed by atoms with Crippen LogP contribution in [0.2, 0.25) is 0 Å². The molecule has 0 radical (unpaired) electrons. The molecule has 1 saturated heterocycles. The molecule has 1 aromatic rings. The second-order valence-corrected chi connectivity index (χ2v) is 5.46. The van der Waals surface area contributed by atoms with Crippen molar-refractivity contribution in [2.24, 2.45) is 0 Å². The maximum Gasteiger partial charge on any atom is 0.136 e. The number of ether oxygens (including phenoxy) is 2. The highest BCUT2D eigenvalue weighted by Crippen LogP contribution is 2.28. The van der Waals surface area contributed by atoms with E-state index in [-0.39, 0.29) is 0 Å². The SMILES string of the molecule is COc1c(Br)cccc1CCN[C@H]1CCO[C@@H]1C. The third-order valence-corrected chi connectivity index (χ3v) is 4.05. The second-order valence-electron chi connectivity index (χ2n) is 4.61. The van der Waals surface area contributed by atoms with E-state index in [1.54, 1.807) is 7.11 Å². The van der Waals surface area contributed by atoms with Crippen LogP contribution in [0.3, 0.4) is 0 Å². The normalized spacial score (nSPS) is 23.3. The Morgan fingerprint density at radius 3 is 3.00 bits per heavy atom. The zero-order valence-corrected chi connectivity index (χ0v) is 12.5. The summed E-state index contributed by atoms with van der Waals surface area (Å²) in [5.74, 6) is 0.940. The number of halogens is 1. The summed E-state index contributed by atoms with van der Waals surface area (Å²) in [5, 5.41) is 3.55. The fraction of sp³-hybridized carbons (Fsp3) is 0.571. The fourth-order valence-electron chi connectivity index (χ4n) is 2.37. The fourth-order valence-corrected chi connectivity index (χ4v) is 2.94. The average molecular weight is 314 g/mol. The Kier molecular flexibility index (Phi) is 5.03. The first kappa shape index (κ1) is 13.8. The molecule has 18 heavy (non-hydrogen) atoms. The highest BCUT2D eigenvalue weighted by Gasteiger charge is 2.23. The lowest BCUT2D eigenvalue weighted by atomic mass is 10.1. The minimum atomic E-state index is 0.328. The minimum Gasteiger partial charge on any atom is -0.495 e. The Morgan fingerprint density at radius 2 is 2.33 bits per heavy atom. The largest absolute Gasteiger partial charge is 0.495 e. The van der Waals surface area contributed by atoms with Gasteiger partial charge >= 0.3 is 0 Å².